The molecule has 4 nitrogen and oxygen atoms in total. The van der Waals surface area contributed by atoms with Gasteiger partial charge in [-0.05, 0) is 52.0 Å². The molecule has 2 rings (SSSR count). The first kappa shape index (κ1) is 12.7. The molecule has 2 fully saturated rings. The second kappa shape index (κ2) is 5.25. The van der Waals surface area contributed by atoms with Gasteiger partial charge in [0.25, 0.3) is 0 Å². The zero-order valence-electron chi connectivity index (χ0n) is 11.0. The molecule has 4 heteroatoms. The first-order chi connectivity index (χ1) is 8.19. The molecule has 0 aromatic rings. The van der Waals surface area contributed by atoms with Crippen molar-refractivity contribution in [2.75, 3.05) is 26.7 Å². The number of ether oxygens (including phenoxy) is 1. The smallest absolute Gasteiger partial charge is 0.409 e. The first-order valence-corrected chi connectivity index (χ1v) is 6.80. The van der Waals surface area contributed by atoms with Gasteiger partial charge in [-0.3, -0.25) is 0 Å². The van der Waals surface area contributed by atoms with Crippen molar-refractivity contribution in [2.45, 2.75) is 44.6 Å². The molecule has 0 radical (unpaired) electrons. The Bertz CT molecular complexity index is 269. The van der Waals surface area contributed by atoms with Gasteiger partial charge in [0.2, 0.25) is 0 Å². The summed E-state index contributed by atoms with van der Waals surface area (Å²) in [4.78, 5) is 13.4. The Labute approximate surface area is 104 Å². The zero-order chi connectivity index (χ0) is 12.3. The summed E-state index contributed by atoms with van der Waals surface area (Å²) in [5, 5.41) is 3.45. The molecule has 1 N–H and O–H groups in total. The van der Waals surface area contributed by atoms with Gasteiger partial charge in [0.15, 0.2) is 0 Å². The third-order valence-corrected chi connectivity index (χ3v) is 4.20. The normalized spacial score (nSPS) is 23.5. The van der Waals surface area contributed by atoms with Crippen LogP contribution in [0.5, 0.6) is 0 Å². The van der Waals surface area contributed by atoms with Crippen LogP contribution in [0.25, 0.3) is 0 Å². The van der Waals surface area contributed by atoms with Gasteiger partial charge in [-0.25, -0.2) is 4.79 Å². The molecule has 1 aliphatic carbocycles. The van der Waals surface area contributed by atoms with Crippen LogP contribution in [0.3, 0.4) is 0 Å². The highest BCUT2D eigenvalue weighted by molar-refractivity contribution is 5.67. The minimum Gasteiger partial charge on any atom is -0.450 e. The van der Waals surface area contributed by atoms with Crippen molar-refractivity contribution in [3.05, 3.63) is 0 Å². The van der Waals surface area contributed by atoms with E-state index in [0.717, 1.165) is 31.8 Å². The maximum Gasteiger partial charge on any atom is 0.409 e. The van der Waals surface area contributed by atoms with Crippen molar-refractivity contribution >= 4 is 6.09 Å². The van der Waals surface area contributed by atoms with Gasteiger partial charge in [0, 0.05) is 18.6 Å². The van der Waals surface area contributed by atoms with Crippen LogP contribution in [0.15, 0.2) is 0 Å². The molecule has 1 aliphatic heterocycles. The molecule has 0 unspecified atom stereocenters. The summed E-state index contributed by atoms with van der Waals surface area (Å²) in [5.74, 6) is 0.774. The number of carbonyl (C=O) groups excluding carboxylic acids is 1. The van der Waals surface area contributed by atoms with Gasteiger partial charge < -0.3 is 15.0 Å². The van der Waals surface area contributed by atoms with Crippen molar-refractivity contribution in [1.82, 2.24) is 10.2 Å². The molecular weight excluding hydrogens is 216 g/mol. The number of hydrogen-bond acceptors (Lipinski definition) is 3. The van der Waals surface area contributed by atoms with Crippen LogP contribution in [0.4, 0.5) is 4.79 Å². The molecule has 1 saturated heterocycles. The quantitative estimate of drug-likeness (QED) is 0.817. The van der Waals surface area contributed by atoms with E-state index in [-0.39, 0.29) is 6.09 Å². The summed E-state index contributed by atoms with van der Waals surface area (Å²) < 4.78 is 5.03. The van der Waals surface area contributed by atoms with Crippen LogP contribution in [-0.2, 0) is 4.74 Å². The minimum absolute atomic E-state index is 0.138. The summed E-state index contributed by atoms with van der Waals surface area (Å²) in [6, 6.07) is 0. The number of piperidine rings is 1. The SMILES string of the molecule is CCOC(=O)N1CCC(CC2(NC)CC2)CC1. The van der Waals surface area contributed by atoms with Crippen molar-refractivity contribution < 1.29 is 9.53 Å². The standard InChI is InChI=1S/C13H24N2O2/c1-3-17-12(16)15-8-4-11(5-9-15)10-13(14-2)6-7-13/h11,14H,3-10H2,1-2H3. The van der Waals surface area contributed by atoms with E-state index < -0.39 is 0 Å². The monoisotopic (exact) mass is 240 g/mol. The number of amides is 1. The Morgan fingerprint density at radius 1 is 1.41 bits per heavy atom. The molecular formula is C13H24N2O2. The second-order valence-corrected chi connectivity index (χ2v) is 5.36. The molecule has 0 aromatic heterocycles. The lowest BCUT2D eigenvalue weighted by molar-refractivity contribution is 0.0894. The molecule has 0 bridgehead atoms. The average Bonchev–Trinajstić information content (AvgIpc) is 3.11. The molecule has 1 saturated carbocycles. The largest absolute Gasteiger partial charge is 0.450 e. The molecule has 0 spiro atoms. The van der Waals surface area contributed by atoms with Crippen LogP contribution in [0.2, 0.25) is 0 Å². The molecule has 1 heterocycles. The molecule has 0 atom stereocenters. The van der Waals surface area contributed by atoms with Crippen LogP contribution in [-0.4, -0.2) is 43.3 Å². The van der Waals surface area contributed by atoms with E-state index in [1.165, 1.54) is 19.3 Å². The van der Waals surface area contributed by atoms with Gasteiger partial charge in [-0.1, -0.05) is 0 Å². The summed E-state index contributed by atoms with van der Waals surface area (Å²) in [6.07, 6.45) is 6.04. The van der Waals surface area contributed by atoms with Crippen LogP contribution >= 0.6 is 0 Å². The lowest BCUT2D eigenvalue weighted by atomic mass is 9.89. The van der Waals surface area contributed by atoms with Crippen LogP contribution in [0.1, 0.15) is 39.0 Å². The van der Waals surface area contributed by atoms with Crippen LogP contribution in [0, 0.1) is 5.92 Å². The third kappa shape index (κ3) is 3.12. The molecule has 98 valence electrons. The zero-order valence-corrected chi connectivity index (χ0v) is 11.0. The van der Waals surface area contributed by atoms with Crippen molar-refractivity contribution in [3.8, 4) is 0 Å². The van der Waals surface area contributed by atoms with Gasteiger partial charge >= 0.3 is 6.09 Å². The van der Waals surface area contributed by atoms with E-state index in [0.29, 0.717) is 12.1 Å². The fourth-order valence-corrected chi connectivity index (χ4v) is 2.79. The van der Waals surface area contributed by atoms with Crippen molar-refractivity contribution in [2.24, 2.45) is 5.92 Å². The van der Waals surface area contributed by atoms with Crippen molar-refractivity contribution in [3.63, 3.8) is 0 Å². The Morgan fingerprint density at radius 3 is 2.53 bits per heavy atom. The number of carbonyl (C=O) groups is 1. The summed E-state index contributed by atoms with van der Waals surface area (Å²) in [5.41, 5.74) is 0.441. The van der Waals surface area contributed by atoms with Crippen molar-refractivity contribution in [1.29, 1.82) is 0 Å². The molecule has 2 aliphatic rings. The maximum absolute atomic E-state index is 11.5. The average molecular weight is 240 g/mol. The number of likely N-dealkylation sites (tertiary alicyclic amines) is 1. The summed E-state index contributed by atoms with van der Waals surface area (Å²) in [6.45, 7) is 4.06. The topological polar surface area (TPSA) is 41.6 Å². The van der Waals surface area contributed by atoms with Crippen LogP contribution < -0.4 is 5.32 Å². The van der Waals surface area contributed by atoms with Gasteiger partial charge in [0.05, 0.1) is 6.61 Å². The van der Waals surface area contributed by atoms with E-state index in [9.17, 15) is 4.79 Å². The highest BCUT2D eigenvalue weighted by Gasteiger charge is 2.43. The number of hydrogen-bond donors (Lipinski definition) is 1. The maximum atomic E-state index is 11.5. The predicted octanol–water partition coefficient (Wildman–Crippen LogP) is 2.00. The third-order valence-electron chi connectivity index (χ3n) is 4.20. The second-order valence-electron chi connectivity index (χ2n) is 5.36. The van der Waals surface area contributed by atoms with E-state index in [4.69, 9.17) is 4.74 Å². The fourth-order valence-electron chi connectivity index (χ4n) is 2.79. The Balaban J connectivity index is 1.72. The Hall–Kier alpha value is -0.770. The van der Waals surface area contributed by atoms with Gasteiger partial charge in [0.1, 0.15) is 0 Å². The fraction of sp³-hybridized carbons (Fsp3) is 0.923. The molecule has 0 aromatic carbocycles. The lowest BCUT2D eigenvalue weighted by Gasteiger charge is -2.33. The number of rotatable bonds is 4. The Kier molecular flexibility index (Phi) is 3.92. The van der Waals surface area contributed by atoms with E-state index in [1.54, 1.807) is 0 Å². The minimum atomic E-state index is -0.138. The lowest BCUT2D eigenvalue weighted by Crippen LogP contribution is -2.40. The summed E-state index contributed by atoms with van der Waals surface area (Å²) >= 11 is 0. The Morgan fingerprint density at radius 2 is 2.06 bits per heavy atom. The number of nitrogens with one attached hydrogen (secondary N) is 1. The molecule has 17 heavy (non-hydrogen) atoms. The highest BCUT2D eigenvalue weighted by Crippen LogP contribution is 2.42. The van der Waals surface area contributed by atoms with Gasteiger partial charge in [-0.15, -0.1) is 0 Å². The van der Waals surface area contributed by atoms with E-state index in [2.05, 4.69) is 12.4 Å². The first-order valence-electron chi connectivity index (χ1n) is 6.80. The highest BCUT2D eigenvalue weighted by atomic mass is 16.6. The van der Waals surface area contributed by atoms with Gasteiger partial charge in [-0.2, -0.15) is 0 Å². The summed E-state index contributed by atoms with van der Waals surface area (Å²) in [7, 11) is 2.07. The van der Waals surface area contributed by atoms with E-state index in [1.807, 2.05) is 11.8 Å². The van der Waals surface area contributed by atoms with E-state index >= 15 is 0 Å². The number of nitrogens with zero attached hydrogens (tertiary/aromatic N) is 1. The predicted molar refractivity (Wildman–Crippen MR) is 67.0 cm³/mol. The molecule has 1 amide bonds.